The average molecular weight is 357 g/mol. The van der Waals surface area contributed by atoms with Gasteiger partial charge in [0.05, 0.1) is 0 Å². The van der Waals surface area contributed by atoms with Gasteiger partial charge in [0.2, 0.25) is 0 Å². The molecule has 106 valence electrons. The quantitative estimate of drug-likeness (QED) is 0.808. The number of aryl methyl sites for hydroxylation is 1. The lowest BCUT2D eigenvalue weighted by Crippen LogP contribution is -2.19. The number of rotatable bonds is 4. The zero-order valence-corrected chi connectivity index (χ0v) is 13.7. The molecule has 0 saturated carbocycles. The number of hydrogen-bond acceptors (Lipinski definition) is 1. The summed E-state index contributed by atoms with van der Waals surface area (Å²) in [7, 11) is 1.90. The molecule has 0 fully saturated rings. The Hall–Kier alpha value is -0.900. The average Bonchev–Trinajstić information content (AvgIpc) is 2.39. The summed E-state index contributed by atoms with van der Waals surface area (Å²) in [6.07, 6.45) is 0.768. The molecule has 2 aromatic carbocycles. The first kappa shape index (κ1) is 15.5. The van der Waals surface area contributed by atoms with Crippen LogP contribution in [0.1, 0.15) is 22.7 Å². The number of benzene rings is 2. The molecule has 2 aromatic rings. The fourth-order valence-corrected chi connectivity index (χ4v) is 3.06. The van der Waals surface area contributed by atoms with Gasteiger partial charge in [0.15, 0.2) is 0 Å². The van der Waals surface area contributed by atoms with Crippen LogP contribution < -0.4 is 5.32 Å². The fraction of sp³-hybridized carbons (Fsp3) is 0.250. The van der Waals surface area contributed by atoms with Crippen molar-refractivity contribution in [3.63, 3.8) is 0 Å². The summed E-state index contributed by atoms with van der Waals surface area (Å²) in [4.78, 5) is 0. The number of halogens is 3. The Bertz CT molecular complexity index is 615. The Kier molecular flexibility index (Phi) is 5.19. The highest BCUT2D eigenvalue weighted by atomic mass is 79.9. The van der Waals surface area contributed by atoms with Crippen molar-refractivity contribution in [2.75, 3.05) is 7.05 Å². The van der Waals surface area contributed by atoms with Gasteiger partial charge in [-0.05, 0) is 61.3 Å². The van der Waals surface area contributed by atoms with Gasteiger partial charge in [0.1, 0.15) is 5.82 Å². The molecular formula is C16H16BrClFN. The molecule has 1 unspecified atom stereocenters. The molecule has 20 heavy (non-hydrogen) atoms. The zero-order chi connectivity index (χ0) is 14.7. The molecule has 0 bridgehead atoms. The molecule has 0 spiro atoms. The summed E-state index contributed by atoms with van der Waals surface area (Å²) >= 11 is 9.71. The van der Waals surface area contributed by atoms with Crippen LogP contribution in [0.5, 0.6) is 0 Å². The summed E-state index contributed by atoms with van der Waals surface area (Å²) in [5, 5.41) is 4.00. The number of likely N-dealkylation sites (N-methyl/N-ethyl adjacent to an activating group) is 1. The standard InChI is InChI=1S/C16H16BrClFN/c1-10-7-13(19)5-3-11(10)8-16(20-2)14-6-4-12(17)9-15(14)18/h3-7,9,16,20H,8H2,1-2H3. The highest BCUT2D eigenvalue weighted by Gasteiger charge is 2.15. The molecule has 0 heterocycles. The van der Waals surface area contributed by atoms with Crippen molar-refractivity contribution in [1.82, 2.24) is 5.32 Å². The first-order chi connectivity index (χ1) is 9.51. The summed E-state index contributed by atoms with van der Waals surface area (Å²) in [6.45, 7) is 1.92. The highest BCUT2D eigenvalue weighted by Crippen LogP contribution is 2.29. The third-order valence-electron chi connectivity index (χ3n) is 3.42. The Morgan fingerprint density at radius 1 is 1.25 bits per heavy atom. The Balaban J connectivity index is 2.28. The van der Waals surface area contributed by atoms with Crippen LogP contribution >= 0.6 is 27.5 Å². The number of nitrogens with one attached hydrogen (secondary N) is 1. The van der Waals surface area contributed by atoms with E-state index in [4.69, 9.17) is 11.6 Å². The molecule has 0 amide bonds. The Labute approximate surface area is 132 Å². The normalized spacial score (nSPS) is 12.4. The van der Waals surface area contributed by atoms with E-state index in [-0.39, 0.29) is 11.9 Å². The lowest BCUT2D eigenvalue weighted by Gasteiger charge is -2.19. The maximum absolute atomic E-state index is 13.2. The van der Waals surface area contributed by atoms with Gasteiger partial charge in [-0.25, -0.2) is 4.39 Å². The van der Waals surface area contributed by atoms with E-state index < -0.39 is 0 Å². The lowest BCUT2D eigenvalue weighted by atomic mass is 9.96. The highest BCUT2D eigenvalue weighted by molar-refractivity contribution is 9.10. The molecule has 0 aromatic heterocycles. The Morgan fingerprint density at radius 2 is 2.00 bits per heavy atom. The first-order valence-electron chi connectivity index (χ1n) is 6.38. The smallest absolute Gasteiger partial charge is 0.123 e. The van der Waals surface area contributed by atoms with E-state index in [1.54, 1.807) is 6.07 Å². The third kappa shape index (κ3) is 3.60. The van der Waals surface area contributed by atoms with E-state index in [1.807, 2.05) is 38.2 Å². The minimum atomic E-state index is -0.200. The molecule has 0 saturated heterocycles. The second-order valence-corrected chi connectivity index (χ2v) is 6.10. The molecule has 1 N–H and O–H groups in total. The largest absolute Gasteiger partial charge is 0.313 e. The fourth-order valence-electron chi connectivity index (χ4n) is 2.26. The summed E-state index contributed by atoms with van der Waals surface area (Å²) in [5.41, 5.74) is 3.12. The predicted molar refractivity (Wildman–Crippen MR) is 85.8 cm³/mol. The minimum Gasteiger partial charge on any atom is -0.313 e. The molecular weight excluding hydrogens is 341 g/mol. The molecule has 4 heteroatoms. The predicted octanol–water partition coefficient (Wildman–Crippen LogP) is 5.05. The third-order valence-corrected chi connectivity index (χ3v) is 4.24. The maximum Gasteiger partial charge on any atom is 0.123 e. The number of hydrogen-bond donors (Lipinski definition) is 1. The van der Waals surface area contributed by atoms with E-state index in [9.17, 15) is 4.39 Å². The van der Waals surface area contributed by atoms with Gasteiger partial charge in [0, 0.05) is 15.5 Å². The van der Waals surface area contributed by atoms with Gasteiger partial charge in [0.25, 0.3) is 0 Å². The van der Waals surface area contributed by atoms with Crippen LogP contribution in [0.2, 0.25) is 5.02 Å². The van der Waals surface area contributed by atoms with E-state index in [0.717, 1.165) is 32.6 Å². The van der Waals surface area contributed by atoms with Gasteiger partial charge >= 0.3 is 0 Å². The molecule has 1 nitrogen and oxygen atoms in total. The lowest BCUT2D eigenvalue weighted by molar-refractivity contribution is 0.587. The van der Waals surface area contributed by atoms with Crippen LogP contribution in [0.4, 0.5) is 4.39 Å². The Morgan fingerprint density at radius 3 is 2.60 bits per heavy atom. The molecule has 2 rings (SSSR count). The van der Waals surface area contributed by atoms with Crippen LogP contribution in [0, 0.1) is 12.7 Å². The molecule has 1 atom stereocenters. The van der Waals surface area contributed by atoms with Crippen molar-refractivity contribution in [3.8, 4) is 0 Å². The van der Waals surface area contributed by atoms with Crippen molar-refractivity contribution in [2.24, 2.45) is 0 Å². The van der Waals surface area contributed by atoms with Gasteiger partial charge in [-0.15, -0.1) is 0 Å². The maximum atomic E-state index is 13.2. The molecule has 0 radical (unpaired) electrons. The molecule has 0 aliphatic rings. The van der Waals surface area contributed by atoms with E-state index in [2.05, 4.69) is 21.2 Å². The topological polar surface area (TPSA) is 12.0 Å². The van der Waals surface area contributed by atoms with Crippen molar-refractivity contribution in [3.05, 3.63) is 68.4 Å². The van der Waals surface area contributed by atoms with Crippen LogP contribution in [0.3, 0.4) is 0 Å². The minimum absolute atomic E-state index is 0.0970. The summed E-state index contributed by atoms with van der Waals surface area (Å²) in [6, 6.07) is 10.9. The van der Waals surface area contributed by atoms with Crippen molar-refractivity contribution in [1.29, 1.82) is 0 Å². The van der Waals surface area contributed by atoms with Crippen LogP contribution in [0.25, 0.3) is 0 Å². The second kappa shape index (κ2) is 6.70. The first-order valence-corrected chi connectivity index (χ1v) is 7.55. The zero-order valence-electron chi connectivity index (χ0n) is 11.4. The van der Waals surface area contributed by atoms with Gasteiger partial charge in [-0.3, -0.25) is 0 Å². The van der Waals surface area contributed by atoms with E-state index in [1.165, 1.54) is 6.07 Å². The monoisotopic (exact) mass is 355 g/mol. The van der Waals surface area contributed by atoms with Crippen LogP contribution in [-0.2, 0) is 6.42 Å². The second-order valence-electron chi connectivity index (χ2n) is 4.78. The molecule has 0 aliphatic heterocycles. The van der Waals surface area contributed by atoms with Crippen molar-refractivity contribution >= 4 is 27.5 Å². The van der Waals surface area contributed by atoms with Crippen LogP contribution in [0.15, 0.2) is 40.9 Å². The summed E-state index contributed by atoms with van der Waals surface area (Å²) < 4.78 is 14.1. The van der Waals surface area contributed by atoms with Gasteiger partial charge < -0.3 is 5.32 Å². The van der Waals surface area contributed by atoms with Crippen LogP contribution in [-0.4, -0.2) is 7.05 Å². The van der Waals surface area contributed by atoms with Crippen molar-refractivity contribution in [2.45, 2.75) is 19.4 Å². The SMILES string of the molecule is CNC(Cc1ccc(F)cc1C)c1ccc(Br)cc1Cl. The van der Waals surface area contributed by atoms with Gasteiger partial charge in [-0.2, -0.15) is 0 Å². The van der Waals surface area contributed by atoms with E-state index in [0.29, 0.717) is 0 Å². The van der Waals surface area contributed by atoms with Gasteiger partial charge in [-0.1, -0.05) is 39.7 Å². The summed E-state index contributed by atoms with van der Waals surface area (Å²) in [5.74, 6) is -0.200. The van der Waals surface area contributed by atoms with Crippen molar-refractivity contribution < 1.29 is 4.39 Å². The molecule has 0 aliphatic carbocycles. The van der Waals surface area contributed by atoms with E-state index >= 15 is 0 Å².